The fourth-order valence-electron chi connectivity index (χ4n) is 2.83. The molecule has 1 saturated heterocycles. The van der Waals surface area contributed by atoms with Gasteiger partial charge in [-0.3, -0.25) is 9.69 Å². The molecule has 1 heterocycles. The third kappa shape index (κ3) is 3.02. The Morgan fingerprint density at radius 1 is 1.50 bits per heavy atom. The molecule has 3 N–H and O–H groups in total. The Morgan fingerprint density at radius 3 is 2.83 bits per heavy atom. The van der Waals surface area contributed by atoms with Gasteiger partial charge in [0.05, 0.1) is 18.6 Å². The molecule has 0 radical (unpaired) electrons. The summed E-state index contributed by atoms with van der Waals surface area (Å²) in [6.07, 6.45) is 2.94. The maximum Gasteiger partial charge on any atom is 0.227 e. The number of nitrogens with one attached hydrogen (secondary N) is 1. The van der Waals surface area contributed by atoms with Crippen LogP contribution in [0.5, 0.6) is 0 Å². The first kappa shape index (κ1) is 13.8. The monoisotopic (exact) mass is 255 g/mol. The highest BCUT2D eigenvalue weighted by molar-refractivity contribution is 5.83. The fraction of sp³-hybridized carbons (Fsp3) is 0.923. The maximum absolute atomic E-state index is 12.2. The Balaban J connectivity index is 1.71. The van der Waals surface area contributed by atoms with Crippen LogP contribution in [-0.2, 0) is 9.53 Å². The summed E-state index contributed by atoms with van der Waals surface area (Å²) in [4.78, 5) is 14.5. The zero-order chi connectivity index (χ0) is 13.0. The van der Waals surface area contributed by atoms with Crippen LogP contribution in [-0.4, -0.2) is 56.2 Å². The van der Waals surface area contributed by atoms with E-state index in [2.05, 4.69) is 10.2 Å². The zero-order valence-corrected chi connectivity index (χ0v) is 11.3. The predicted octanol–water partition coefficient (Wildman–Crippen LogP) is -0.0477. The van der Waals surface area contributed by atoms with Crippen LogP contribution in [0.4, 0.5) is 0 Å². The van der Waals surface area contributed by atoms with Gasteiger partial charge < -0.3 is 15.8 Å². The summed E-state index contributed by atoms with van der Waals surface area (Å²) >= 11 is 0. The lowest BCUT2D eigenvalue weighted by Crippen LogP contribution is -2.49. The van der Waals surface area contributed by atoms with E-state index >= 15 is 0 Å². The molecule has 2 rings (SSSR count). The molecule has 104 valence electrons. The van der Waals surface area contributed by atoms with Gasteiger partial charge in [0.15, 0.2) is 0 Å². The first-order valence-electron chi connectivity index (χ1n) is 6.97. The van der Waals surface area contributed by atoms with Gasteiger partial charge in [0.1, 0.15) is 0 Å². The Bertz CT molecular complexity index is 292. The van der Waals surface area contributed by atoms with Crippen molar-refractivity contribution in [3.8, 4) is 0 Å². The summed E-state index contributed by atoms with van der Waals surface area (Å²) < 4.78 is 5.29. The van der Waals surface area contributed by atoms with Gasteiger partial charge in [-0.2, -0.15) is 0 Å². The van der Waals surface area contributed by atoms with Crippen LogP contribution in [0.1, 0.15) is 26.2 Å². The average Bonchev–Trinajstić information content (AvgIpc) is 2.72. The Kier molecular flexibility index (Phi) is 4.59. The highest BCUT2D eigenvalue weighted by Gasteiger charge is 2.42. The largest absolute Gasteiger partial charge is 0.379 e. The van der Waals surface area contributed by atoms with Crippen molar-refractivity contribution in [3.05, 3.63) is 0 Å². The van der Waals surface area contributed by atoms with Crippen LogP contribution in [0, 0.1) is 5.41 Å². The normalized spacial score (nSPS) is 33.6. The molecule has 1 saturated carbocycles. The van der Waals surface area contributed by atoms with E-state index in [1.807, 2.05) is 6.92 Å². The van der Waals surface area contributed by atoms with Gasteiger partial charge in [-0.1, -0.05) is 6.42 Å². The number of hydrogen-bond donors (Lipinski definition) is 2. The van der Waals surface area contributed by atoms with Crippen molar-refractivity contribution >= 4 is 5.91 Å². The number of amides is 1. The van der Waals surface area contributed by atoms with E-state index in [1.165, 1.54) is 0 Å². The van der Waals surface area contributed by atoms with E-state index in [0.717, 1.165) is 52.1 Å². The van der Waals surface area contributed by atoms with E-state index in [-0.39, 0.29) is 17.4 Å². The second-order valence-electron chi connectivity index (χ2n) is 5.63. The number of morpholine rings is 1. The molecular formula is C13H25N3O2. The molecule has 2 fully saturated rings. The van der Waals surface area contributed by atoms with Crippen LogP contribution in [0.25, 0.3) is 0 Å². The fourth-order valence-corrected chi connectivity index (χ4v) is 2.83. The summed E-state index contributed by atoms with van der Waals surface area (Å²) in [5, 5.41) is 3.04. The molecule has 5 nitrogen and oxygen atoms in total. The molecule has 2 atom stereocenters. The number of rotatable bonds is 4. The zero-order valence-electron chi connectivity index (χ0n) is 11.3. The first-order chi connectivity index (χ1) is 8.63. The number of carbonyl (C=O) groups excluding carboxylic acids is 1. The molecule has 0 aromatic rings. The predicted molar refractivity (Wildman–Crippen MR) is 70.2 cm³/mol. The van der Waals surface area contributed by atoms with Gasteiger partial charge in [0.2, 0.25) is 5.91 Å². The Labute approximate surface area is 109 Å². The van der Waals surface area contributed by atoms with Gasteiger partial charge in [-0.05, 0) is 19.8 Å². The van der Waals surface area contributed by atoms with E-state index in [4.69, 9.17) is 10.5 Å². The van der Waals surface area contributed by atoms with Gasteiger partial charge in [0.25, 0.3) is 0 Å². The molecule has 18 heavy (non-hydrogen) atoms. The SMILES string of the molecule is CC1(C(=O)NCCN2CCOCC2)CCCC1N. The first-order valence-corrected chi connectivity index (χ1v) is 6.97. The molecule has 1 aliphatic heterocycles. The van der Waals surface area contributed by atoms with Crippen molar-refractivity contribution in [2.75, 3.05) is 39.4 Å². The van der Waals surface area contributed by atoms with Crippen molar-refractivity contribution in [2.45, 2.75) is 32.2 Å². The average molecular weight is 255 g/mol. The van der Waals surface area contributed by atoms with E-state index in [1.54, 1.807) is 0 Å². The van der Waals surface area contributed by atoms with Gasteiger partial charge >= 0.3 is 0 Å². The molecule has 0 spiro atoms. The van der Waals surface area contributed by atoms with Crippen molar-refractivity contribution in [1.82, 2.24) is 10.2 Å². The summed E-state index contributed by atoms with van der Waals surface area (Å²) in [7, 11) is 0. The minimum absolute atomic E-state index is 0.0147. The molecular weight excluding hydrogens is 230 g/mol. The van der Waals surface area contributed by atoms with Crippen LogP contribution < -0.4 is 11.1 Å². The highest BCUT2D eigenvalue weighted by Crippen LogP contribution is 2.36. The third-order valence-electron chi connectivity index (χ3n) is 4.37. The lowest BCUT2D eigenvalue weighted by molar-refractivity contribution is -0.130. The highest BCUT2D eigenvalue weighted by atomic mass is 16.5. The summed E-state index contributed by atoms with van der Waals surface area (Å²) in [6.45, 7) is 7.14. The molecule has 0 aromatic heterocycles. The van der Waals surface area contributed by atoms with Gasteiger partial charge in [-0.15, -0.1) is 0 Å². The second-order valence-corrected chi connectivity index (χ2v) is 5.63. The number of hydrogen-bond acceptors (Lipinski definition) is 4. The number of nitrogens with two attached hydrogens (primary N) is 1. The van der Waals surface area contributed by atoms with Gasteiger partial charge in [-0.25, -0.2) is 0 Å². The van der Waals surface area contributed by atoms with Crippen molar-refractivity contribution in [1.29, 1.82) is 0 Å². The number of nitrogens with zero attached hydrogens (tertiary/aromatic N) is 1. The summed E-state index contributed by atoms with van der Waals surface area (Å²) in [5.74, 6) is 0.126. The lowest BCUT2D eigenvalue weighted by atomic mass is 9.84. The molecule has 0 bridgehead atoms. The molecule has 1 amide bonds. The topological polar surface area (TPSA) is 67.6 Å². The minimum Gasteiger partial charge on any atom is -0.379 e. The number of ether oxygens (including phenoxy) is 1. The Morgan fingerprint density at radius 2 is 2.22 bits per heavy atom. The van der Waals surface area contributed by atoms with Crippen molar-refractivity contribution < 1.29 is 9.53 Å². The Hall–Kier alpha value is -0.650. The molecule has 2 aliphatic rings. The lowest BCUT2D eigenvalue weighted by Gasteiger charge is -2.29. The molecule has 5 heteroatoms. The van der Waals surface area contributed by atoms with Crippen LogP contribution in [0.3, 0.4) is 0 Å². The smallest absolute Gasteiger partial charge is 0.227 e. The van der Waals surface area contributed by atoms with E-state index in [9.17, 15) is 4.79 Å². The van der Waals surface area contributed by atoms with Crippen molar-refractivity contribution in [3.63, 3.8) is 0 Å². The molecule has 0 aromatic carbocycles. The molecule has 2 unspecified atom stereocenters. The summed E-state index contributed by atoms with van der Waals surface area (Å²) in [6, 6.07) is 0.0147. The third-order valence-corrected chi connectivity index (χ3v) is 4.37. The number of carbonyl (C=O) groups is 1. The van der Waals surface area contributed by atoms with Crippen molar-refractivity contribution in [2.24, 2.45) is 11.1 Å². The van der Waals surface area contributed by atoms with Crippen LogP contribution >= 0.6 is 0 Å². The van der Waals surface area contributed by atoms with E-state index < -0.39 is 0 Å². The van der Waals surface area contributed by atoms with Crippen LogP contribution in [0.15, 0.2) is 0 Å². The molecule has 1 aliphatic carbocycles. The minimum atomic E-state index is -0.356. The summed E-state index contributed by atoms with van der Waals surface area (Å²) in [5.41, 5.74) is 5.68. The van der Waals surface area contributed by atoms with E-state index in [0.29, 0.717) is 6.54 Å². The quantitative estimate of drug-likeness (QED) is 0.739. The van der Waals surface area contributed by atoms with Gasteiger partial charge in [0, 0.05) is 32.2 Å². The maximum atomic E-state index is 12.2. The van der Waals surface area contributed by atoms with Crippen LogP contribution in [0.2, 0.25) is 0 Å². The standard InChI is InChI=1S/C13H25N3O2/c1-13(4-2-3-11(13)14)12(17)15-5-6-16-7-9-18-10-8-16/h11H,2-10,14H2,1H3,(H,15,17). The second kappa shape index (κ2) is 5.99.